The number of ether oxygens (including phenoxy) is 3. The molecule has 2 aliphatic heterocycles. The van der Waals surface area contributed by atoms with E-state index in [1.807, 2.05) is 0 Å². The van der Waals surface area contributed by atoms with Crippen LogP contribution in [0.25, 0.3) is 0 Å². The number of nitrogens with zero attached hydrogens (tertiary/aromatic N) is 1. The van der Waals surface area contributed by atoms with Crippen LogP contribution >= 0.6 is 11.6 Å². The van der Waals surface area contributed by atoms with Gasteiger partial charge >= 0.3 is 5.97 Å². The molecule has 2 aromatic carbocycles. The molecule has 0 amide bonds. The largest absolute Gasteiger partial charge is 0.467 e. The second kappa shape index (κ2) is 7.75. The zero-order valence-corrected chi connectivity index (χ0v) is 17.2. The van der Waals surface area contributed by atoms with E-state index in [-0.39, 0.29) is 28.0 Å². The van der Waals surface area contributed by atoms with E-state index in [4.69, 9.17) is 25.8 Å². The maximum absolute atomic E-state index is 13.7. The Labute approximate surface area is 177 Å². The fraction of sp³-hybridized carbons (Fsp3) is 0.200. The van der Waals surface area contributed by atoms with Crippen LogP contribution in [0.15, 0.2) is 65.4 Å². The summed E-state index contributed by atoms with van der Waals surface area (Å²) in [5.41, 5.74) is 0.236. The van der Waals surface area contributed by atoms with Gasteiger partial charge in [-0.15, -0.1) is 0 Å². The molecule has 0 saturated heterocycles. The second-order valence-electron chi connectivity index (χ2n) is 6.49. The van der Waals surface area contributed by atoms with E-state index in [1.54, 1.807) is 24.3 Å². The summed E-state index contributed by atoms with van der Waals surface area (Å²) in [5, 5.41) is 0.226. The van der Waals surface area contributed by atoms with Gasteiger partial charge in [-0.3, -0.25) is 4.79 Å². The Balaban J connectivity index is 2.01. The van der Waals surface area contributed by atoms with Crippen LogP contribution in [-0.4, -0.2) is 44.4 Å². The monoisotopic (exact) mass is 449 g/mol. The molecule has 2 aliphatic rings. The Morgan fingerprint density at radius 3 is 2.57 bits per heavy atom. The highest BCUT2D eigenvalue weighted by Crippen LogP contribution is 2.43. The van der Waals surface area contributed by atoms with Crippen molar-refractivity contribution in [1.29, 1.82) is 0 Å². The first kappa shape index (κ1) is 20.4. The van der Waals surface area contributed by atoms with Crippen molar-refractivity contribution in [2.75, 3.05) is 13.9 Å². The number of sulfonamides is 1. The lowest BCUT2D eigenvalue weighted by Gasteiger charge is -2.38. The first-order valence-corrected chi connectivity index (χ1v) is 10.6. The highest BCUT2D eigenvalue weighted by atomic mass is 35.5. The Bertz CT molecular complexity index is 1160. The molecule has 0 aromatic heterocycles. The molecule has 30 heavy (non-hydrogen) atoms. The van der Waals surface area contributed by atoms with E-state index >= 15 is 0 Å². The van der Waals surface area contributed by atoms with E-state index in [2.05, 4.69) is 0 Å². The van der Waals surface area contributed by atoms with Gasteiger partial charge < -0.3 is 14.2 Å². The lowest BCUT2D eigenvalue weighted by atomic mass is 9.99. The van der Waals surface area contributed by atoms with Crippen LogP contribution < -0.4 is 0 Å². The van der Waals surface area contributed by atoms with Crippen LogP contribution in [0.5, 0.6) is 0 Å². The number of halogens is 1. The first-order valence-electron chi connectivity index (χ1n) is 8.81. The summed E-state index contributed by atoms with van der Waals surface area (Å²) in [6, 6.07) is 9.20. The molecular formula is C20H16ClNO7S. The highest BCUT2D eigenvalue weighted by Gasteiger charge is 2.53. The molecule has 2 heterocycles. The summed E-state index contributed by atoms with van der Waals surface area (Å²) in [5.74, 6) is -1.63. The molecule has 2 unspecified atom stereocenters. The summed E-state index contributed by atoms with van der Waals surface area (Å²) in [4.78, 5) is 25.7. The maximum atomic E-state index is 13.7. The van der Waals surface area contributed by atoms with Crippen molar-refractivity contribution in [3.8, 4) is 0 Å². The van der Waals surface area contributed by atoms with Crippen molar-refractivity contribution in [3.05, 3.63) is 76.7 Å². The van der Waals surface area contributed by atoms with E-state index in [0.717, 1.165) is 11.4 Å². The topological polar surface area (TPSA) is 99.2 Å². The van der Waals surface area contributed by atoms with Crippen LogP contribution in [-0.2, 0) is 29.0 Å². The molecule has 2 aromatic rings. The summed E-state index contributed by atoms with van der Waals surface area (Å²) in [7, 11) is -3.26. The minimum atomic E-state index is -4.34. The average molecular weight is 450 g/mol. The smallest absolute Gasteiger partial charge is 0.332 e. The number of benzene rings is 2. The van der Waals surface area contributed by atoms with Crippen LogP contribution in [0.3, 0.4) is 0 Å². The molecule has 0 spiro atoms. The van der Waals surface area contributed by atoms with Gasteiger partial charge in [0.15, 0.2) is 17.6 Å². The molecule has 8 nitrogen and oxygen atoms in total. The van der Waals surface area contributed by atoms with Crippen molar-refractivity contribution in [3.63, 3.8) is 0 Å². The Morgan fingerprint density at radius 1 is 1.20 bits per heavy atom. The van der Waals surface area contributed by atoms with Gasteiger partial charge in [0, 0.05) is 10.6 Å². The van der Waals surface area contributed by atoms with Gasteiger partial charge in [-0.05, 0) is 23.8 Å². The second-order valence-corrected chi connectivity index (χ2v) is 8.71. The summed E-state index contributed by atoms with van der Waals surface area (Å²) >= 11 is 6.36. The third kappa shape index (κ3) is 3.15. The number of ketones is 1. The minimum Gasteiger partial charge on any atom is -0.467 e. The van der Waals surface area contributed by atoms with Gasteiger partial charge in [0.05, 0.1) is 12.0 Å². The Hall–Kier alpha value is -2.88. The molecule has 4 rings (SSSR count). The summed E-state index contributed by atoms with van der Waals surface area (Å²) < 4.78 is 43.5. The van der Waals surface area contributed by atoms with Crippen LogP contribution in [0.2, 0.25) is 5.02 Å². The minimum absolute atomic E-state index is 0.0837. The Kier molecular flexibility index (Phi) is 5.27. The van der Waals surface area contributed by atoms with Gasteiger partial charge in [-0.25, -0.2) is 13.2 Å². The standard InChI is InChI=1S/C20H16ClNO7S/c1-27-20(24)18-19(23)13-7-3-5-9-16(13)30(25,26)22(18)17(15-10-28-11-29-15)12-6-2-4-8-14(12)21/h2-10,17-18H,11H2,1H3. The van der Waals surface area contributed by atoms with E-state index in [9.17, 15) is 18.0 Å². The molecule has 0 aliphatic carbocycles. The van der Waals surface area contributed by atoms with E-state index in [0.29, 0.717) is 5.56 Å². The number of carbonyl (C=O) groups excluding carboxylic acids is 2. The SMILES string of the molecule is COC(=O)C1C(=O)c2ccccc2S(=O)(=O)N1C(C1=COCO1)c1ccccc1Cl. The molecule has 0 saturated carbocycles. The lowest BCUT2D eigenvalue weighted by Crippen LogP contribution is -2.55. The van der Waals surface area contributed by atoms with Gasteiger partial charge in [0.1, 0.15) is 12.3 Å². The maximum Gasteiger partial charge on any atom is 0.332 e. The van der Waals surface area contributed by atoms with Gasteiger partial charge in [0.25, 0.3) is 0 Å². The van der Waals surface area contributed by atoms with Gasteiger partial charge in [-0.2, -0.15) is 4.31 Å². The predicted octanol–water partition coefficient (Wildman–Crippen LogP) is 2.66. The molecule has 2 atom stereocenters. The molecule has 10 heteroatoms. The number of Topliss-reactive ketones (excluding diaryl/α,β-unsaturated/α-hetero) is 1. The zero-order valence-electron chi connectivity index (χ0n) is 15.6. The van der Waals surface area contributed by atoms with Crippen LogP contribution in [0.1, 0.15) is 22.0 Å². The first-order chi connectivity index (χ1) is 14.4. The third-order valence-electron chi connectivity index (χ3n) is 4.85. The number of rotatable bonds is 4. The fourth-order valence-corrected chi connectivity index (χ4v) is 5.65. The third-order valence-corrected chi connectivity index (χ3v) is 7.08. The molecule has 0 N–H and O–H groups in total. The average Bonchev–Trinajstić information content (AvgIpc) is 3.27. The van der Waals surface area contributed by atoms with Crippen molar-refractivity contribution in [2.45, 2.75) is 17.0 Å². The van der Waals surface area contributed by atoms with Crippen molar-refractivity contribution >= 4 is 33.4 Å². The van der Waals surface area contributed by atoms with Gasteiger partial charge in [0.2, 0.25) is 16.8 Å². The number of hydrogen-bond donors (Lipinski definition) is 0. The van der Waals surface area contributed by atoms with Gasteiger partial charge in [-0.1, -0.05) is 41.9 Å². The summed E-state index contributed by atoms with van der Waals surface area (Å²) in [6.45, 7) is -0.141. The lowest BCUT2D eigenvalue weighted by molar-refractivity contribution is -0.144. The van der Waals surface area contributed by atoms with Crippen molar-refractivity contribution in [2.24, 2.45) is 0 Å². The quantitative estimate of drug-likeness (QED) is 0.522. The summed E-state index contributed by atoms with van der Waals surface area (Å²) in [6.07, 6.45) is 1.24. The van der Waals surface area contributed by atoms with Crippen LogP contribution in [0.4, 0.5) is 0 Å². The zero-order chi connectivity index (χ0) is 21.5. The van der Waals surface area contributed by atoms with Crippen LogP contribution in [0, 0.1) is 0 Å². The number of hydrogen-bond acceptors (Lipinski definition) is 7. The molecule has 0 radical (unpaired) electrons. The molecule has 0 bridgehead atoms. The number of methoxy groups -OCH3 is 1. The fourth-order valence-electron chi connectivity index (χ4n) is 3.53. The van der Waals surface area contributed by atoms with Crippen molar-refractivity contribution < 1.29 is 32.2 Å². The van der Waals surface area contributed by atoms with E-state index < -0.39 is 33.9 Å². The van der Waals surface area contributed by atoms with Crippen molar-refractivity contribution in [1.82, 2.24) is 4.31 Å². The van der Waals surface area contributed by atoms with E-state index in [1.165, 1.54) is 30.5 Å². The predicted molar refractivity (Wildman–Crippen MR) is 105 cm³/mol. The number of carbonyl (C=O) groups is 2. The molecular weight excluding hydrogens is 434 g/mol. The normalized spacial score (nSPS) is 21.1. The molecule has 0 fully saturated rings. The number of fused-ring (bicyclic) bond motifs is 1. The Morgan fingerprint density at radius 2 is 1.90 bits per heavy atom. The highest BCUT2D eigenvalue weighted by molar-refractivity contribution is 7.89. The molecule has 156 valence electrons. The number of esters is 1.